The van der Waals surface area contributed by atoms with Crippen LogP contribution in [0.5, 0.6) is 0 Å². The average Bonchev–Trinajstić information content (AvgIpc) is 2.54. The second-order valence-electron chi connectivity index (χ2n) is 5.23. The Bertz CT molecular complexity index is 351. The van der Waals surface area contributed by atoms with Gasteiger partial charge < -0.3 is 5.73 Å². The highest BCUT2D eigenvalue weighted by molar-refractivity contribution is 9.10. The number of nitrogens with two attached hydrogens (primary N) is 1. The van der Waals surface area contributed by atoms with E-state index in [1.54, 1.807) is 0 Å². The lowest BCUT2D eigenvalue weighted by molar-refractivity contribution is 0.318. The maximum atomic E-state index is 5.94. The molecule has 0 heterocycles. The Balaban J connectivity index is 2.04. The van der Waals surface area contributed by atoms with Crippen LogP contribution in [0.25, 0.3) is 0 Å². The van der Waals surface area contributed by atoms with Crippen molar-refractivity contribution in [1.82, 2.24) is 0 Å². The average molecular weight is 296 g/mol. The molecule has 1 saturated carbocycles. The Morgan fingerprint density at radius 1 is 1.12 bits per heavy atom. The van der Waals surface area contributed by atoms with Gasteiger partial charge in [-0.05, 0) is 55.3 Å². The van der Waals surface area contributed by atoms with E-state index in [4.69, 9.17) is 5.73 Å². The second kappa shape index (κ2) is 6.55. The third-order valence-corrected chi connectivity index (χ3v) is 4.50. The number of rotatable bonds is 3. The summed E-state index contributed by atoms with van der Waals surface area (Å²) in [6, 6.07) is 8.71. The predicted molar refractivity (Wildman–Crippen MR) is 77.0 cm³/mol. The van der Waals surface area contributed by atoms with Crippen molar-refractivity contribution in [1.29, 1.82) is 0 Å². The van der Waals surface area contributed by atoms with Gasteiger partial charge in [0.1, 0.15) is 0 Å². The van der Waals surface area contributed by atoms with E-state index in [9.17, 15) is 0 Å². The lowest BCUT2D eigenvalue weighted by atomic mass is 9.83. The quantitative estimate of drug-likeness (QED) is 0.833. The number of benzene rings is 1. The van der Waals surface area contributed by atoms with Crippen molar-refractivity contribution in [2.75, 3.05) is 6.54 Å². The van der Waals surface area contributed by atoms with Gasteiger partial charge in [0.05, 0.1) is 0 Å². The van der Waals surface area contributed by atoms with Gasteiger partial charge in [-0.3, -0.25) is 0 Å². The van der Waals surface area contributed by atoms with Gasteiger partial charge in [0.25, 0.3) is 0 Å². The van der Waals surface area contributed by atoms with Crippen LogP contribution in [0, 0.1) is 11.8 Å². The molecule has 2 atom stereocenters. The van der Waals surface area contributed by atoms with Crippen molar-refractivity contribution in [2.24, 2.45) is 17.6 Å². The van der Waals surface area contributed by atoms with Gasteiger partial charge >= 0.3 is 0 Å². The molecule has 0 saturated heterocycles. The zero-order valence-electron chi connectivity index (χ0n) is 10.4. The highest BCUT2D eigenvalue weighted by Gasteiger charge is 2.22. The molecule has 94 valence electrons. The van der Waals surface area contributed by atoms with Crippen molar-refractivity contribution >= 4 is 15.9 Å². The third-order valence-electron chi connectivity index (χ3n) is 4.01. The fourth-order valence-electron chi connectivity index (χ4n) is 3.01. The van der Waals surface area contributed by atoms with Crippen LogP contribution in [-0.4, -0.2) is 6.54 Å². The zero-order chi connectivity index (χ0) is 12.1. The van der Waals surface area contributed by atoms with E-state index in [1.165, 1.54) is 48.6 Å². The first-order chi connectivity index (χ1) is 8.29. The second-order valence-corrected chi connectivity index (χ2v) is 6.14. The first kappa shape index (κ1) is 13.1. The topological polar surface area (TPSA) is 26.0 Å². The van der Waals surface area contributed by atoms with E-state index >= 15 is 0 Å². The maximum absolute atomic E-state index is 5.94. The molecule has 1 fully saturated rings. The lowest BCUT2D eigenvalue weighted by Gasteiger charge is -2.23. The molecule has 2 N–H and O–H groups in total. The van der Waals surface area contributed by atoms with Crippen LogP contribution in [0.3, 0.4) is 0 Å². The van der Waals surface area contributed by atoms with Crippen molar-refractivity contribution < 1.29 is 0 Å². The Morgan fingerprint density at radius 2 is 1.88 bits per heavy atom. The maximum Gasteiger partial charge on any atom is 0.0177 e. The first-order valence-corrected chi connectivity index (χ1v) is 7.53. The smallest absolute Gasteiger partial charge is 0.0177 e. The highest BCUT2D eigenvalue weighted by Crippen LogP contribution is 2.31. The van der Waals surface area contributed by atoms with Crippen molar-refractivity contribution in [2.45, 2.75) is 38.5 Å². The Kier molecular flexibility index (Phi) is 5.05. The van der Waals surface area contributed by atoms with Gasteiger partial charge in [-0.1, -0.05) is 47.3 Å². The first-order valence-electron chi connectivity index (χ1n) is 6.74. The molecule has 0 bridgehead atoms. The normalized spacial score (nSPS) is 25.5. The summed E-state index contributed by atoms with van der Waals surface area (Å²) in [5.41, 5.74) is 7.39. The Hall–Kier alpha value is -0.340. The number of halogens is 1. The summed E-state index contributed by atoms with van der Waals surface area (Å²) in [7, 11) is 0. The van der Waals surface area contributed by atoms with Crippen LogP contribution in [-0.2, 0) is 6.42 Å². The highest BCUT2D eigenvalue weighted by atomic mass is 79.9. The zero-order valence-corrected chi connectivity index (χ0v) is 12.0. The van der Waals surface area contributed by atoms with E-state index < -0.39 is 0 Å². The van der Waals surface area contributed by atoms with Gasteiger partial charge in [0.15, 0.2) is 0 Å². The molecule has 0 amide bonds. The fraction of sp³-hybridized carbons (Fsp3) is 0.600. The standard InChI is InChI=1S/C15H22BrN/c16-15-8-4-5-12(10-15)9-13-6-2-1-3-7-14(13)11-17/h4-5,8,10,13-14H,1-3,6-7,9,11,17H2. The molecule has 1 aromatic rings. The summed E-state index contributed by atoms with van der Waals surface area (Å²) < 4.78 is 1.19. The molecule has 1 nitrogen and oxygen atoms in total. The summed E-state index contributed by atoms with van der Waals surface area (Å²) in [6.07, 6.45) is 8.03. The molecule has 17 heavy (non-hydrogen) atoms. The Morgan fingerprint density at radius 3 is 2.59 bits per heavy atom. The van der Waals surface area contributed by atoms with Gasteiger partial charge in [-0.2, -0.15) is 0 Å². The molecular formula is C15H22BrN. The number of hydrogen-bond donors (Lipinski definition) is 1. The molecule has 0 aliphatic heterocycles. The minimum atomic E-state index is 0.733. The van der Waals surface area contributed by atoms with Gasteiger partial charge in [-0.15, -0.1) is 0 Å². The summed E-state index contributed by atoms with van der Waals surface area (Å²) in [6.45, 7) is 0.860. The molecule has 2 unspecified atom stereocenters. The molecule has 1 aromatic carbocycles. The van der Waals surface area contributed by atoms with Crippen molar-refractivity contribution in [3.63, 3.8) is 0 Å². The molecule has 2 rings (SSSR count). The van der Waals surface area contributed by atoms with Crippen molar-refractivity contribution in [3.8, 4) is 0 Å². The van der Waals surface area contributed by atoms with E-state index in [-0.39, 0.29) is 0 Å². The van der Waals surface area contributed by atoms with E-state index in [0.29, 0.717) is 0 Å². The van der Waals surface area contributed by atoms with E-state index in [2.05, 4.69) is 40.2 Å². The third kappa shape index (κ3) is 3.82. The predicted octanol–water partition coefficient (Wildman–Crippen LogP) is 4.15. The van der Waals surface area contributed by atoms with Crippen LogP contribution in [0.15, 0.2) is 28.7 Å². The van der Waals surface area contributed by atoms with Crippen molar-refractivity contribution in [3.05, 3.63) is 34.3 Å². The number of hydrogen-bond acceptors (Lipinski definition) is 1. The molecule has 0 aromatic heterocycles. The Labute approximate surface area is 113 Å². The van der Waals surface area contributed by atoms with Gasteiger partial charge in [0, 0.05) is 4.47 Å². The summed E-state index contributed by atoms with van der Waals surface area (Å²) in [4.78, 5) is 0. The summed E-state index contributed by atoms with van der Waals surface area (Å²) in [5, 5.41) is 0. The SMILES string of the molecule is NCC1CCCCCC1Cc1cccc(Br)c1. The molecule has 2 heteroatoms. The minimum Gasteiger partial charge on any atom is -0.330 e. The minimum absolute atomic E-state index is 0.733. The summed E-state index contributed by atoms with van der Waals surface area (Å²) >= 11 is 3.55. The van der Waals surface area contributed by atoms with Crippen LogP contribution in [0.2, 0.25) is 0 Å². The molecule has 0 radical (unpaired) electrons. The molecule has 1 aliphatic carbocycles. The fourth-order valence-corrected chi connectivity index (χ4v) is 3.45. The van der Waals surface area contributed by atoms with Gasteiger partial charge in [-0.25, -0.2) is 0 Å². The molecule has 0 spiro atoms. The molecule has 1 aliphatic rings. The van der Waals surface area contributed by atoms with E-state index in [1.807, 2.05) is 0 Å². The summed E-state index contributed by atoms with van der Waals surface area (Å²) in [5.74, 6) is 1.52. The van der Waals surface area contributed by atoms with Crippen LogP contribution < -0.4 is 5.73 Å². The monoisotopic (exact) mass is 295 g/mol. The lowest BCUT2D eigenvalue weighted by Crippen LogP contribution is -2.24. The van der Waals surface area contributed by atoms with Crippen LogP contribution in [0.4, 0.5) is 0 Å². The molecular weight excluding hydrogens is 274 g/mol. The van der Waals surface area contributed by atoms with Crippen LogP contribution in [0.1, 0.15) is 37.7 Å². The largest absolute Gasteiger partial charge is 0.330 e. The van der Waals surface area contributed by atoms with Crippen LogP contribution >= 0.6 is 15.9 Å². The van der Waals surface area contributed by atoms with Gasteiger partial charge in [0.2, 0.25) is 0 Å². The van der Waals surface area contributed by atoms with E-state index in [0.717, 1.165) is 18.4 Å².